The van der Waals surface area contributed by atoms with Crippen LogP contribution in [0.3, 0.4) is 0 Å². The lowest BCUT2D eigenvalue weighted by molar-refractivity contribution is 0.0723. The number of benzene rings is 2. The highest BCUT2D eigenvalue weighted by atomic mass is 35.5. The number of hydrogen-bond donors (Lipinski definition) is 0. The zero-order valence-corrected chi connectivity index (χ0v) is 26.8. The lowest BCUT2D eigenvalue weighted by Crippen LogP contribution is -2.37. The van der Waals surface area contributed by atoms with Gasteiger partial charge in [0, 0.05) is 34.1 Å². The molecule has 1 saturated heterocycles. The smallest absolute Gasteiger partial charge is 0.265 e. The van der Waals surface area contributed by atoms with E-state index >= 15 is 0 Å². The van der Waals surface area contributed by atoms with Crippen LogP contribution in [0.4, 0.5) is 0 Å². The Morgan fingerprint density at radius 3 is 2.36 bits per heavy atom. The molecule has 2 aromatic heterocycles. The van der Waals surface area contributed by atoms with E-state index in [1.54, 1.807) is 10.6 Å². The molecular weight excluding hydrogens is 585 g/mol. The van der Waals surface area contributed by atoms with Crippen molar-refractivity contribution in [3.63, 3.8) is 0 Å². The van der Waals surface area contributed by atoms with E-state index in [-0.39, 0.29) is 11.5 Å². The third-order valence-electron chi connectivity index (χ3n) is 7.68. The molecule has 2 aromatic carbocycles. The lowest BCUT2D eigenvalue weighted by atomic mass is 9.99. The third kappa shape index (κ3) is 5.98. The number of hydrogen-bond acceptors (Lipinski definition) is 4. The molecule has 0 radical (unpaired) electrons. The summed E-state index contributed by atoms with van der Waals surface area (Å²) in [4.78, 5) is 35.7. The molecule has 5 nitrogen and oxygen atoms in total. The minimum Gasteiger partial charge on any atom is -0.339 e. The van der Waals surface area contributed by atoms with E-state index in [0.717, 1.165) is 52.9 Å². The molecule has 0 N–H and O–H groups in total. The maximum absolute atomic E-state index is 14.7. The fourth-order valence-corrected chi connectivity index (χ4v) is 6.82. The molecule has 1 fully saturated rings. The average Bonchev–Trinajstić information content (AvgIpc) is 3.48. The van der Waals surface area contributed by atoms with Crippen molar-refractivity contribution < 1.29 is 4.79 Å². The SMILES string of the molecule is CCc1ccc(Cl)c(CC)c1-n1c(C=C(C)C)c(C(=O)N2CCCCC2)cc(-c2nc(-c3ccc(Cl)cc3)cs2)c1=O. The van der Waals surface area contributed by atoms with Crippen LogP contribution < -0.4 is 5.56 Å². The Labute approximate surface area is 261 Å². The molecule has 8 heteroatoms. The highest BCUT2D eigenvalue weighted by molar-refractivity contribution is 7.13. The Morgan fingerprint density at radius 2 is 1.71 bits per heavy atom. The molecule has 0 atom stereocenters. The number of piperidine rings is 1. The molecule has 0 saturated carbocycles. The van der Waals surface area contributed by atoms with Gasteiger partial charge in [-0.15, -0.1) is 11.3 Å². The summed E-state index contributed by atoms with van der Waals surface area (Å²) in [6.45, 7) is 9.49. The van der Waals surface area contributed by atoms with Crippen LogP contribution in [0.2, 0.25) is 10.0 Å². The quantitative estimate of drug-likeness (QED) is 0.207. The Hall–Kier alpha value is -3.19. The predicted octanol–water partition coefficient (Wildman–Crippen LogP) is 9.11. The molecule has 0 aliphatic carbocycles. The predicted molar refractivity (Wildman–Crippen MR) is 176 cm³/mol. The van der Waals surface area contributed by atoms with Crippen LogP contribution in [0.25, 0.3) is 33.6 Å². The summed E-state index contributed by atoms with van der Waals surface area (Å²) in [6, 6.07) is 13.1. The summed E-state index contributed by atoms with van der Waals surface area (Å²) in [6.07, 6.45) is 6.36. The van der Waals surface area contributed by atoms with Crippen LogP contribution >= 0.6 is 34.5 Å². The van der Waals surface area contributed by atoms with Crippen molar-refractivity contribution in [2.45, 2.75) is 59.8 Å². The first-order valence-corrected chi connectivity index (χ1v) is 16.1. The lowest BCUT2D eigenvalue weighted by Gasteiger charge is -2.29. The van der Waals surface area contributed by atoms with E-state index in [2.05, 4.69) is 6.92 Å². The van der Waals surface area contributed by atoms with E-state index < -0.39 is 0 Å². The van der Waals surface area contributed by atoms with Gasteiger partial charge in [-0.05, 0) is 87.4 Å². The number of thiazole rings is 1. The number of allylic oxidation sites excluding steroid dienone is 1. The second-order valence-electron chi connectivity index (χ2n) is 10.9. The first kappa shape index (κ1) is 30.3. The van der Waals surface area contributed by atoms with Gasteiger partial charge in [0.25, 0.3) is 11.5 Å². The summed E-state index contributed by atoms with van der Waals surface area (Å²) in [5.41, 5.74) is 6.55. The molecule has 42 heavy (non-hydrogen) atoms. The Balaban J connectivity index is 1.84. The van der Waals surface area contributed by atoms with Gasteiger partial charge in [-0.2, -0.15) is 0 Å². The number of halogens is 2. The van der Waals surface area contributed by atoms with Crippen molar-refractivity contribution in [1.82, 2.24) is 14.5 Å². The molecule has 0 bridgehead atoms. The molecule has 4 aromatic rings. The molecule has 3 heterocycles. The summed E-state index contributed by atoms with van der Waals surface area (Å²) < 4.78 is 1.73. The zero-order chi connectivity index (χ0) is 30.0. The number of amides is 1. The normalized spacial score (nSPS) is 13.3. The van der Waals surface area contributed by atoms with Gasteiger partial charge >= 0.3 is 0 Å². The van der Waals surface area contributed by atoms with Gasteiger partial charge < -0.3 is 4.90 Å². The van der Waals surface area contributed by atoms with Crippen molar-refractivity contribution >= 4 is 46.5 Å². The van der Waals surface area contributed by atoms with E-state index in [0.29, 0.717) is 57.8 Å². The van der Waals surface area contributed by atoms with E-state index in [4.69, 9.17) is 28.2 Å². The third-order valence-corrected chi connectivity index (χ3v) is 9.16. The first-order chi connectivity index (χ1) is 20.2. The van der Waals surface area contributed by atoms with Crippen LogP contribution in [0.5, 0.6) is 0 Å². The molecule has 1 aliphatic heterocycles. The van der Waals surface area contributed by atoms with E-state index in [1.165, 1.54) is 11.3 Å². The fraction of sp³-hybridized carbons (Fsp3) is 0.324. The van der Waals surface area contributed by atoms with Gasteiger partial charge in [-0.25, -0.2) is 4.98 Å². The molecule has 0 spiro atoms. The molecule has 1 amide bonds. The topological polar surface area (TPSA) is 55.2 Å². The fourth-order valence-electron chi connectivity index (χ4n) is 5.57. The molecule has 218 valence electrons. The second-order valence-corrected chi connectivity index (χ2v) is 12.6. The maximum Gasteiger partial charge on any atom is 0.265 e. The van der Waals surface area contributed by atoms with Crippen LogP contribution in [0.15, 0.2) is 58.2 Å². The number of carbonyl (C=O) groups is 1. The summed E-state index contributed by atoms with van der Waals surface area (Å²) in [5, 5.41) is 3.75. The van der Waals surface area contributed by atoms with E-state index in [1.807, 2.05) is 73.5 Å². The minimum absolute atomic E-state index is 0.0650. The number of aryl methyl sites for hydroxylation is 1. The Bertz CT molecular complexity index is 1710. The number of nitrogens with zero attached hydrogens (tertiary/aromatic N) is 3. The van der Waals surface area contributed by atoms with Crippen molar-refractivity contribution in [1.29, 1.82) is 0 Å². The van der Waals surface area contributed by atoms with Crippen LogP contribution in [0.1, 0.15) is 74.1 Å². The van der Waals surface area contributed by atoms with Crippen LogP contribution in [-0.2, 0) is 12.8 Å². The highest BCUT2D eigenvalue weighted by Crippen LogP contribution is 2.34. The van der Waals surface area contributed by atoms with Crippen molar-refractivity contribution in [3.8, 4) is 27.5 Å². The summed E-state index contributed by atoms with van der Waals surface area (Å²) >= 11 is 14.3. The molecular formula is C34H35Cl2N3O2S. The van der Waals surface area contributed by atoms with Gasteiger partial charge in [0.05, 0.1) is 28.2 Å². The van der Waals surface area contributed by atoms with Crippen molar-refractivity contribution in [2.75, 3.05) is 13.1 Å². The summed E-state index contributed by atoms with van der Waals surface area (Å²) in [5.74, 6) is -0.0650. The van der Waals surface area contributed by atoms with Crippen LogP contribution in [0, 0.1) is 0 Å². The maximum atomic E-state index is 14.7. The second kappa shape index (κ2) is 13.0. The average molecular weight is 621 g/mol. The largest absolute Gasteiger partial charge is 0.339 e. The summed E-state index contributed by atoms with van der Waals surface area (Å²) in [7, 11) is 0. The van der Waals surface area contributed by atoms with Crippen molar-refractivity contribution in [2.24, 2.45) is 0 Å². The minimum atomic E-state index is -0.221. The van der Waals surface area contributed by atoms with Gasteiger partial charge in [0.15, 0.2) is 0 Å². The molecule has 1 aliphatic rings. The number of pyridine rings is 1. The van der Waals surface area contributed by atoms with Gasteiger partial charge in [0.2, 0.25) is 0 Å². The van der Waals surface area contributed by atoms with E-state index in [9.17, 15) is 9.59 Å². The van der Waals surface area contributed by atoms with Gasteiger partial charge in [-0.3, -0.25) is 14.2 Å². The number of likely N-dealkylation sites (tertiary alicyclic amines) is 1. The first-order valence-electron chi connectivity index (χ1n) is 14.5. The molecule has 0 unspecified atom stereocenters. The Kier molecular flexibility index (Phi) is 9.36. The highest BCUT2D eigenvalue weighted by Gasteiger charge is 2.28. The monoisotopic (exact) mass is 619 g/mol. The Morgan fingerprint density at radius 1 is 1.00 bits per heavy atom. The molecule has 5 rings (SSSR count). The number of rotatable bonds is 7. The number of carbonyl (C=O) groups excluding carboxylic acids is 1. The zero-order valence-electron chi connectivity index (χ0n) is 24.5. The van der Waals surface area contributed by atoms with Gasteiger partial charge in [0.1, 0.15) is 5.01 Å². The standard InChI is InChI=1S/C34H35Cl2N3O2S/c1-5-22-12-15-28(36)25(6-2)31(22)39-30(18-21(3)4)26(33(40)38-16-8-7-9-17-38)19-27(34(39)41)32-37-29(20-42-32)23-10-13-24(35)14-11-23/h10-15,18-20H,5-9,16-17H2,1-4H3. The van der Waals surface area contributed by atoms with Crippen molar-refractivity contribution in [3.05, 3.63) is 96.2 Å². The number of aromatic nitrogens is 2. The van der Waals surface area contributed by atoms with Gasteiger partial charge in [-0.1, -0.05) is 60.8 Å². The van der Waals surface area contributed by atoms with Crippen LogP contribution in [-0.4, -0.2) is 33.4 Å².